The van der Waals surface area contributed by atoms with Gasteiger partial charge in [0.05, 0.1) is 23.2 Å². The molecule has 0 saturated carbocycles. The van der Waals surface area contributed by atoms with Crippen LogP contribution in [0.15, 0.2) is 23.4 Å². The summed E-state index contributed by atoms with van der Waals surface area (Å²) in [6.07, 6.45) is 4.95. The van der Waals surface area contributed by atoms with E-state index in [1.807, 2.05) is 18.0 Å². The van der Waals surface area contributed by atoms with Crippen molar-refractivity contribution in [2.45, 2.75) is 33.0 Å². The number of rotatable bonds is 6. The van der Waals surface area contributed by atoms with Gasteiger partial charge in [-0.2, -0.15) is 0 Å². The maximum Gasteiger partial charge on any atom is 0.0948 e. The lowest BCUT2D eigenvalue weighted by molar-refractivity contribution is 0.598. The lowest BCUT2D eigenvalue weighted by Crippen LogP contribution is -2.15. The Balaban J connectivity index is 1.82. The Labute approximate surface area is 99.4 Å². The lowest BCUT2D eigenvalue weighted by atomic mass is 10.4. The second-order valence-corrected chi connectivity index (χ2v) is 4.38. The highest BCUT2D eigenvalue weighted by molar-refractivity contribution is 7.07. The van der Waals surface area contributed by atoms with Gasteiger partial charge in [-0.3, -0.25) is 0 Å². The highest BCUT2D eigenvalue weighted by Gasteiger charge is 2.01. The Kier molecular flexibility index (Phi) is 4.07. The molecule has 0 aromatic carbocycles. The highest BCUT2D eigenvalue weighted by Crippen LogP contribution is 2.03. The second kappa shape index (κ2) is 5.77. The van der Waals surface area contributed by atoms with Crippen LogP contribution < -0.4 is 5.32 Å². The Morgan fingerprint density at radius 2 is 2.38 bits per heavy atom. The lowest BCUT2D eigenvalue weighted by Gasteiger charge is -2.06. The van der Waals surface area contributed by atoms with Gasteiger partial charge in [-0.05, 0) is 6.42 Å². The number of hydrogen-bond donors (Lipinski definition) is 1. The predicted octanol–water partition coefficient (Wildman–Crippen LogP) is 2.04. The third-order valence-electron chi connectivity index (χ3n) is 2.36. The van der Waals surface area contributed by atoms with E-state index in [4.69, 9.17) is 0 Å². The van der Waals surface area contributed by atoms with Gasteiger partial charge in [0.1, 0.15) is 0 Å². The van der Waals surface area contributed by atoms with Crippen LogP contribution in [0.2, 0.25) is 0 Å². The number of aromatic nitrogens is 3. The maximum absolute atomic E-state index is 4.23. The molecule has 0 spiro atoms. The molecule has 0 atom stereocenters. The zero-order chi connectivity index (χ0) is 11.2. The normalized spacial score (nSPS) is 10.8. The Hall–Kier alpha value is -1.20. The van der Waals surface area contributed by atoms with E-state index < -0.39 is 0 Å². The van der Waals surface area contributed by atoms with Crippen LogP contribution in [-0.4, -0.2) is 14.5 Å². The molecule has 0 amide bonds. The van der Waals surface area contributed by atoms with Crippen LogP contribution in [0.5, 0.6) is 0 Å². The van der Waals surface area contributed by atoms with Crippen molar-refractivity contribution in [3.8, 4) is 0 Å². The quantitative estimate of drug-likeness (QED) is 0.834. The summed E-state index contributed by atoms with van der Waals surface area (Å²) in [7, 11) is 0. The van der Waals surface area contributed by atoms with Crippen LogP contribution in [0.3, 0.4) is 0 Å². The van der Waals surface area contributed by atoms with E-state index in [-0.39, 0.29) is 0 Å². The van der Waals surface area contributed by atoms with Gasteiger partial charge in [-0.1, -0.05) is 6.92 Å². The van der Waals surface area contributed by atoms with Crippen LogP contribution in [0, 0.1) is 0 Å². The topological polar surface area (TPSA) is 42.7 Å². The molecule has 2 rings (SSSR count). The molecule has 0 unspecified atom stereocenters. The first-order valence-electron chi connectivity index (χ1n) is 5.47. The van der Waals surface area contributed by atoms with E-state index in [9.17, 15) is 0 Å². The zero-order valence-corrected chi connectivity index (χ0v) is 10.2. The van der Waals surface area contributed by atoms with Gasteiger partial charge in [0.25, 0.3) is 0 Å². The van der Waals surface area contributed by atoms with Gasteiger partial charge >= 0.3 is 0 Å². The number of hydrogen-bond acceptors (Lipinski definition) is 4. The summed E-state index contributed by atoms with van der Waals surface area (Å²) >= 11 is 1.63. The maximum atomic E-state index is 4.23. The largest absolute Gasteiger partial charge is 0.333 e. The van der Waals surface area contributed by atoms with Crippen molar-refractivity contribution in [1.29, 1.82) is 0 Å². The molecule has 2 aromatic heterocycles. The van der Waals surface area contributed by atoms with Gasteiger partial charge in [-0.15, -0.1) is 11.3 Å². The zero-order valence-electron chi connectivity index (χ0n) is 9.39. The summed E-state index contributed by atoms with van der Waals surface area (Å²) in [5.41, 5.74) is 4.20. The molecule has 86 valence electrons. The van der Waals surface area contributed by atoms with E-state index in [2.05, 4.69) is 32.2 Å². The standard InChI is InChI=1S/C11H16N4S/c1-2-3-15-8-13-6-11(15)5-12-4-10-7-16-9-14-10/h6-9,12H,2-5H2,1H3. The Bertz CT molecular complexity index is 407. The number of nitrogens with one attached hydrogen (secondary N) is 1. The van der Waals surface area contributed by atoms with E-state index >= 15 is 0 Å². The van der Waals surface area contributed by atoms with Crippen molar-refractivity contribution in [3.63, 3.8) is 0 Å². The monoisotopic (exact) mass is 236 g/mol. The molecular formula is C11H16N4S. The molecule has 0 bridgehead atoms. The van der Waals surface area contributed by atoms with E-state index in [1.54, 1.807) is 11.3 Å². The molecular weight excluding hydrogens is 220 g/mol. The van der Waals surface area contributed by atoms with Crippen LogP contribution in [-0.2, 0) is 19.6 Å². The highest BCUT2D eigenvalue weighted by atomic mass is 32.1. The molecule has 0 aliphatic rings. The average Bonchev–Trinajstić information content (AvgIpc) is 2.91. The predicted molar refractivity (Wildman–Crippen MR) is 65.2 cm³/mol. The first-order chi connectivity index (χ1) is 7.90. The summed E-state index contributed by atoms with van der Waals surface area (Å²) in [6.45, 7) is 4.87. The first kappa shape index (κ1) is 11.3. The van der Waals surface area contributed by atoms with Crippen LogP contribution in [0.1, 0.15) is 24.7 Å². The molecule has 2 aromatic rings. The molecule has 0 aliphatic heterocycles. The van der Waals surface area contributed by atoms with Gasteiger partial charge < -0.3 is 9.88 Å². The third kappa shape index (κ3) is 2.90. The number of imidazole rings is 1. The summed E-state index contributed by atoms with van der Waals surface area (Å²) in [6, 6.07) is 0. The van der Waals surface area contributed by atoms with E-state index in [1.165, 1.54) is 5.69 Å². The average molecular weight is 236 g/mol. The summed E-state index contributed by atoms with van der Waals surface area (Å²) in [5, 5.41) is 5.44. The molecule has 0 radical (unpaired) electrons. The van der Waals surface area contributed by atoms with Crippen molar-refractivity contribution >= 4 is 11.3 Å². The number of nitrogens with zero attached hydrogens (tertiary/aromatic N) is 3. The number of aryl methyl sites for hydroxylation is 1. The van der Waals surface area contributed by atoms with Gasteiger partial charge in [0.2, 0.25) is 0 Å². The Morgan fingerprint density at radius 3 is 3.12 bits per heavy atom. The van der Waals surface area contributed by atoms with Gasteiger partial charge in [0.15, 0.2) is 0 Å². The minimum Gasteiger partial charge on any atom is -0.333 e. The summed E-state index contributed by atoms with van der Waals surface area (Å²) in [5.74, 6) is 0. The third-order valence-corrected chi connectivity index (χ3v) is 2.99. The molecule has 4 nitrogen and oxygen atoms in total. The van der Waals surface area contributed by atoms with Crippen molar-refractivity contribution in [1.82, 2.24) is 19.9 Å². The number of thiazole rings is 1. The van der Waals surface area contributed by atoms with Crippen LogP contribution in [0.4, 0.5) is 0 Å². The van der Waals surface area contributed by atoms with Crippen molar-refractivity contribution in [2.75, 3.05) is 0 Å². The molecule has 0 aliphatic carbocycles. The van der Waals surface area contributed by atoms with Crippen LogP contribution in [0.25, 0.3) is 0 Å². The SMILES string of the molecule is CCCn1cncc1CNCc1cscn1. The van der Waals surface area contributed by atoms with Gasteiger partial charge in [-0.25, -0.2) is 9.97 Å². The van der Waals surface area contributed by atoms with Gasteiger partial charge in [0, 0.05) is 31.2 Å². The van der Waals surface area contributed by atoms with Crippen molar-refractivity contribution in [2.24, 2.45) is 0 Å². The van der Waals surface area contributed by atoms with Crippen LogP contribution >= 0.6 is 11.3 Å². The minimum atomic E-state index is 0.820. The molecule has 16 heavy (non-hydrogen) atoms. The van der Waals surface area contributed by atoms with Crippen molar-refractivity contribution in [3.05, 3.63) is 34.8 Å². The minimum absolute atomic E-state index is 0.820. The molecule has 0 fully saturated rings. The molecule has 0 saturated heterocycles. The fraction of sp³-hybridized carbons (Fsp3) is 0.455. The van der Waals surface area contributed by atoms with E-state index in [0.717, 1.165) is 31.7 Å². The second-order valence-electron chi connectivity index (χ2n) is 3.66. The molecule has 1 N–H and O–H groups in total. The molecule has 5 heteroatoms. The first-order valence-corrected chi connectivity index (χ1v) is 6.41. The smallest absolute Gasteiger partial charge is 0.0948 e. The Morgan fingerprint density at radius 1 is 1.44 bits per heavy atom. The van der Waals surface area contributed by atoms with Crippen molar-refractivity contribution < 1.29 is 0 Å². The fourth-order valence-electron chi connectivity index (χ4n) is 1.58. The summed E-state index contributed by atoms with van der Waals surface area (Å²) < 4.78 is 2.19. The van der Waals surface area contributed by atoms with E-state index in [0.29, 0.717) is 0 Å². The molecule has 2 heterocycles. The fourth-order valence-corrected chi connectivity index (χ4v) is 2.14. The summed E-state index contributed by atoms with van der Waals surface area (Å²) in [4.78, 5) is 8.39.